The lowest BCUT2D eigenvalue weighted by Crippen LogP contribution is -2.31. The predicted octanol–water partition coefficient (Wildman–Crippen LogP) is 1.98. The van der Waals surface area contributed by atoms with E-state index in [1.807, 2.05) is 4.72 Å². The number of hydrogen-bond donors (Lipinski definition) is 2. The van der Waals surface area contributed by atoms with E-state index in [0.717, 1.165) is 0 Å². The lowest BCUT2D eigenvalue weighted by molar-refractivity contribution is -0.119. The molecule has 0 spiro atoms. The monoisotopic (exact) mass is 402 g/mol. The molecule has 3 N–H and O–H groups in total. The van der Waals surface area contributed by atoms with Gasteiger partial charge < -0.3 is 10.5 Å². The first-order chi connectivity index (χ1) is 11.7. The third-order valence-electron chi connectivity index (χ3n) is 2.89. The molecule has 132 valence electrons. The van der Waals surface area contributed by atoms with Crippen molar-refractivity contribution in [2.45, 2.75) is 4.90 Å². The molecule has 0 bridgehead atoms. The van der Waals surface area contributed by atoms with Crippen molar-refractivity contribution in [3.63, 3.8) is 0 Å². The highest BCUT2D eigenvalue weighted by molar-refractivity contribution is 7.90. The van der Waals surface area contributed by atoms with Crippen molar-refractivity contribution in [2.75, 3.05) is 6.61 Å². The van der Waals surface area contributed by atoms with Gasteiger partial charge in [-0.3, -0.25) is 9.59 Å². The number of carbonyl (C=O) groups excluding carboxylic acids is 2. The van der Waals surface area contributed by atoms with E-state index >= 15 is 0 Å². The number of halogens is 2. The van der Waals surface area contributed by atoms with Gasteiger partial charge in [-0.2, -0.15) is 0 Å². The molecular formula is C15H12Cl2N2O5S. The Bertz CT molecular complexity index is 911. The highest BCUT2D eigenvalue weighted by atomic mass is 35.5. The molecule has 0 heterocycles. The fourth-order valence-corrected chi connectivity index (χ4v) is 3.97. The molecule has 0 radical (unpaired) electrons. The van der Waals surface area contributed by atoms with Gasteiger partial charge in [-0.1, -0.05) is 35.3 Å². The summed E-state index contributed by atoms with van der Waals surface area (Å²) in [5.74, 6) is -1.43. The van der Waals surface area contributed by atoms with Gasteiger partial charge in [0.2, 0.25) is 0 Å². The molecule has 0 atom stereocenters. The van der Waals surface area contributed by atoms with Crippen LogP contribution >= 0.6 is 23.2 Å². The first-order valence-electron chi connectivity index (χ1n) is 6.73. The first kappa shape index (κ1) is 19.0. The number of carbonyl (C=O) groups is 2. The summed E-state index contributed by atoms with van der Waals surface area (Å²) in [5.41, 5.74) is 4.96. The fraction of sp³-hybridized carbons (Fsp3) is 0.0667. The van der Waals surface area contributed by atoms with E-state index in [4.69, 9.17) is 33.7 Å². The van der Waals surface area contributed by atoms with Crippen molar-refractivity contribution < 1.29 is 22.7 Å². The molecule has 25 heavy (non-hydrogen) atoms. The molecule has 0 saturated heterocycles. The van der Waals surface area contributed by atoms with Crippen LogP contribution in [-0.2, 0) is 14.8 Å². The lowest BCUT2D eigenvalue weighted by atomic mass is 10.2. The third kappa shape index (κ3) is 4.85. The Morgan fingerprint density at radius 1 is 1.08 bits per heavy atom. The summed E-state index contributed by atoms with van der Waals surface area (Å²) in [7, 11) is -4.29. The summed E-state index contributed by atoms with van der Waals surface area (Å²) in [6, 6.07) is 9.73. The number of hydrogen-bond acceptors (Lipinski definition) is 5. The Morgan fingerprint density at radius 3 is 2.28 bits per heavy atom. The second-order valence-corrected chi connectivity index (χ2v) is 7.20. The average molecular weight is 403 g/mol. The van der Waals surface area contributed by atoms with Crippen molar-refractivity contribution in [2.24, 2.45) is 5.73 Å². The normalized spacial score (nSPS) is 11.0. The number of sulfonamides is 1. The topological polar surface area (TPSA) is 116 Å². The predicted molar refractivity (Wildman–Crippen MR) is 92.2 cm³/mol. The summed E-state index contributed by atoms with van der Waals surface area (Å²) < 4.78 is 31.7. The van der Waals surface area contributed by atoms with E-state index in [0.29, 0.717) is 0 Å². The lowest BCUT2D eigenvalue weighted by Gasteiger charge is -2.11. The number of nitrogens with one attached hydrogen (secondary N) is 1. The SMILES string of the molecule is NC(=O)COc1cccc(C(=O)NS(=O)(=O)c2c(Cl)cccc2Cl)c1. The minimum absolute atomic E-state index is 0.00581. The molecule has 0 saturated carbocycles. The molecule has 0 fully saturated rings. The standard InChI is InChI=1S/C15H12Cl2N2O5S/c16-11-5-2-6-12(17)14(11)25(22,23)19-15(21)9-3-1-4-10(7-9)24-8-13(18)20/h1-7H,8H2,(H2,18,20)(H,19,21). The van der Waals surface area contributed by atoms with Crippen molar-refractivity contribution in [1.82, 2.24) is 4.72 Å². The molecule has 2 aromatic carbocycles. The van der Waals surface area contributed by atoms with Crippen molar-refractivity contribution >= 4 is 45.0 Å². The molecule has 2 aromatic rings. The smallest absolute Gasteiger partial charge is 0.267 e. The summed E-state index contributed by atoms with van der Waals surface area (Å²) >= 11 is 11.7. The number of amides is 2. The van der Waals surface area contributed by atoms with Gasteiger partial charge in [0, 0.05) is 5.56 Å². The van der Waals surface area contributed by atoms with Gasteiger partial charge >= 0.3 is 0 Å². The van der Waals surface area contributed by atoms with Gasteiger partial charge in [-0.05, 0) is 30.3 Å². The maximum atomic E-state index is 12.4. The minimum atomic E-state index is -4.29. The highest BCUT2D eigenvalue weighted by Crippen LogP contribution is 2.28. The van der Waals surface area contributed by atoms with Gasteiger partial charge in [-0.25, -0.2) is 13.1 Å². The van der Waals surface area contributed by atoms with Crippen LogP contribution < -0.4 is 15.2 Å². The van der Waals surface area contributed by atoms with E-state index in [-0.39, 0.29) is 28.0 Å². The van der Waals surface area contributed by atoms with Gasteiger partial charge in [-0.15, -0.1) is 0 Å². The van der Waals surface area contributed by atoms with Crippen molar-refractivity contribution in [3.8, 4) is 5.75 Å². The molecule has 0 aliphatic rings. The summed E-state index contributed by atoms with van der Waals surface area (Å²) in [5, 5.41) is -0.238. The maximum absolute atomic E-state index is 12.4. The Hall–Kier alpha value is -2.29. The number of rotatable bonds is 6. The largest absolute Gasteiger partial charge is 0.484 e. The molecule has 7 nitrogen and oxygen atoms in total. The van der Waals surface area contributed by atoms with Crippen LogP contribution in [0.5, 0.6) is 5.75 Å². The minimum Gasteiger partial charge on any atom is -0.484 e. The van der Waals surface area contributed by atoms with E-state index in [1.54, 1.807) is 0 Å². The first-order valence-corrected chi connectivity index (χ1v) is 8.97. The van der Waals surface area contributed by atoms with Crippen LogP contribution in [0.2, 0.25) is 10.0 Å². The highest BCUT2D eigenvalue weighted by Gasteiger charge is 2.24. The molecule has 2 amide bonds. The Balaban J connectivity index is 2.24. The fourth-order valence-electron chi connectivity index (χ4n) is 1.85. The summed E-state index contributed by atoms with van der Waals surface area (Å²) in [6.45, 7) is -0.376. The summed E-state index contributed by atoms with van der Waals surface area (Å²) in [4.78, 5) is 22.5. The second-order valence-electron chi connectivity index (χ2n) is 4.77. The maximum Gasteiger partial charge on any atom is 0.267 e. The van der Waals surface area contributed by atoms with Crippen LogP contribution in [-0.4, -0.2) is 26.8 Å². The second kappa shape index (κ2) is 7.73. The molecule has 0 unspecified atom stereocenters. The van der Waals surface area contributed by atoms with E-state index < -0.39 is 26.7 Å². The van der Waals surface area contributed by atoms with Crippen LogP contribution in [0.3, 0.4) is 0 Å². The van der Waals surface area contributed by atoms with Gasteiger partial charge in [0.05, 0.1) is 10.0 Å². The Labute approximate surface area is 153 Å². The van der Waals surface area contributed by atoms with Crippen LogP contribution in [0.4, 0.5) is 0 Å². The van der Waals surface area contributed by atoms with Crippen molar-refractivity contribution in [1.29, 1.82) is 0 Å². The van der Waals surface area contributed by atoms with Gasteiger partial charge in [0.15, 0.2) is 6.61 Å². The molecule has 2 rings (SSSR count). The summed E-state index contributed by atoms with van der Waals surface area (Å²) in [6.07, 6.45) is 0. The van der Waals surface area contributed by atoms with Crippen LogP contribution in [0.15, 0.2) is 47.4 Å². The third-order valence-corrected chi connectivity index (χ3v) is 5.18. The zero-order chi connectivity index (χ0) is 18.6. The van der Waals surface area contributed by atoms with Crippen LogP contribution in [0, 0.1) is 0 Å². The number of nitrogens with two attached hydrogens (primary N) is 1. The zero-order valence-electron chi connectivity index (χ0n) is 12.5. The molecule has 0 aromatic heterocycles. The Morgan fingerprint density at radius 2 is 1.68 bits per heavy atom. The van der Waals surface area contributed by atoms with E-state index in [2.05, 4.69) is 0 Å². The molecule has 10 heteroatoms. The van der Waals surface area contributed by atoms with Gasteiger partial charge in [0.25, 0.3) is 21.8 Å². The Kier molecular flexibility index (Phi) is 5.89. The van der Waals surface area contributed by atoms with E-state index in [9.17, 15) is 18.0 Å². The number of primary amides is 1. The average Bonchev–Trinajstić information content (AvgIpc) is 2.52. The van der Waals surface area contributed by atoms with Gasteiger partial charge in [0.1, 0.15) is 10.6 Å². The quantitative estimate of drug-likeness (QED) is 0.765. The molecule has 0 aliphatic heterocycles. The molecule has 0 aliphatic carbocycles. The van der Waals surface area contributed by atoms with E-state index in [1.165, 1.54) is 42.5 Å². The molecular weight excluding hydrogens is 391 g/mol. The van der Waals surface area contributed by atoms with Crippen molar-refractivity contribution in [3.05, 3.63) is 58.1 Å². The van der Waals surface area contributed by atoms with Crippen LogP contribution in [0.1, 0.15) is 10.4 Å². The van der Waals surface area contributed by atoms with Crippen LogP contribution in [0.25, 0.3) is 0 Å². The number of benzene rings is 2. The zero-order valence-corrected chi connectivity index (χ0v) is 14.9. The number of ether oxygens (including phenoxy) is 1.